The van der Waals surface area contributed by atoms with Crippen LogP contribution >= 0.6 is 12.4 Å². The number of ether oxygens (including phenoxy) is 1. The Balaban J connectivity index is 0. The zero-order valence-corrected chi connectivity index (χ0v) is 8.77. The van der Waals surface area contributed by atoms with Crippen molar-refractivity contribution in [3.63, 3.8) is 0 Å². The molecule has 3 nitrogen and oxygen atoms in total. The van der Waals surface area contributed by atoms with Gasteiger partial charge in [-0.15, -0.1) is 12.4 Å². The van der Waals surface area contributed by atoms with E-state index in [1.54, 1.807) is 0 Å². The van der Waals surface area contributed by atoms with Crippen LogP contribution in [0.15, 0.2) is 0 Å². The smallest absolute Gasteiger partial charge is 0.0620 e. The van der Waals surface area contributed by atoms with Crippen molar-refractivity contribution in [2.75, 3.05) is 13.2 Å². The fourth-order valence-corrected chi connectivity index (χ4v) is 1.60. The molecule has 0 aromatic rings. The van der Waals surface area contributed by atoms with Crippen LogP contribution in [-0.2, 0) is 4.74 Å². The maximum Gasteiger partial charge on any atom is 0.0620 e. The van der Waals surface area contributed by atoms with Gasteiger partial charge in [-0.2, -0.15) is 0 Å². The molecule has 1 fully saturated rings. The van der Waals surface area contributed by atoms with Gasteiger partial charge < -0.3 is 16.6 Å². The molecule has 1 aliphatic heterocycles. The molecule has 0 bridgehead atoms. The zero-order valence-electron chi connectivity index (χ0n) is 7.95. The second kappa shape index (κ2) is 6.66. The molecule has 1 rings (SSSR count). The molecule has 76 valence electrons. The van der Waals surface area contributed by atoms with Crippen molar-refractivity contribution in [1.82, 2.24) is 6.15 Å². The third kappa shape index (κ3) is 3.72. The van der Waals surface area contributed by atoms with Crippen molar-refractivity contribution in [2.45, 2.75) is 26.3 Å². The van der Waals surface area contributed by atoms with Gasteiger partial charge in [-0.05, 0) is 18.3 Å². The molecule has 0 aromatic heterocycles. The molecule has 1 heterocycles. The predicted molar refractivity (Wildman–Crippen MR) is 54.0 cm³/mol. The van der Waals surface area contributed by atoms with Crippen LogP contribution in [-0.4, -0.2) is 19.3 Å². The highest BCUT2D eigenvalue weighted by molar-refractivity contribution is 5.85. The van der Waals surface area contributed by atoms with E-state index >= 15 is 0 Å². The van der Waals surface area contributed by atoms with Gasteiger partial charge in [0.1, 0.15) is 0 Å². The van der Waals surface area contributed by atoms with E-state index in [2.05, 4.69) is 13.8 Å². The van der Waals surface area contributed by atoms with Crippen molar-refractivity contribution in [3.8, 4) is 0 Å². The van der Waals surface area contributed by atoms with E-state index in [-0.39, 0.29) is 24.6 Å². The molecule has 4 heteroatoms. The van der Waals surface area contributed by atoms with Gasteiger partial charge in [-0.1, -0.05) is 13.8 Å². The number of rotatable bonds is 1. The lowest BCUT2D eigenvalue weighted by Gasteiger charge is -2.31. The minimum absolute atomic E-state index is 0. The van der Waals surface area contributed by atoms with E-state index in [1.165, 1.54) is 0 Å². The monoisotopic (exact) mass is 196 g/mol. The third-order valence-electron chi connectivity index (χ3n) is 2.31. The summed E-state index contributed by atoms with van der Waals surface area (Å²) in [5, 5.41) is 0. The highest BCUT2D eigenvalue weighted by Crippen LogP contribution is 2.21. The first-order valence-electron chi connectivity index (χ1n) is 4.05. The second-order valence-electron chi connectivity index (χ2n) is 3.44. The predicted octanol–water partition coefficient (Wildman–Crippen LogP) is 1.59. The normalized spacial score (nSPS) is 29.0. The summed E-state index contributed by atoms with van der Waals surface area (Å²) in [6.07, 6.45) is 1.14. The van der Waals surface area contributed by atoms with Gasteiger partial charge in [0, 0.05) is 12.6 Å². The second-order valence-corrected chi connectivity index (χ2v) is 3.44. The average molecular weight is 197 g/mol. The molecule has 1 saturated heterocycles. The van der Waals surface area contributed by atoms with Gasteiger partial charge in [0.05, 0.1) is 6.61 Å². The van der Waals surface area contributed by atoms with Crippen LogP contribution in [0.3, 0.4) is 0 Å². The first-order chi connectivity index (χ1) is 4.72. The van der Waals surface area contributed by atoms with E-state index in [9.17, 15) is 0 Å². The fraction of sp³-hybridized carbons (Fsp3) is 1.00. The molecular formula is C8H21ClN2O. The Labute approximate surface area is 81.0 Å². The molecule has 12 heavy (non-hydrogen) atoms. The van der Waals surface area contributed by atoms with Crippen molar-refractivity contribution in [3.05, 3.63) is 0 Å². The lowest BCUT2D eigenvalue weighted by atomic mass is 9.85. The quantitative estimate of drug-likeness (QED) is 0.669. The van der Waals surface area contributed by atoms with Crippen LogP contribution < -0.4 is 11.9 Å². The van der Waals surface area contributed by atoms with Crippen LogP contribution in [0.4, 0.5) is 0 Å². The Morgan fingerprint density at radius 1 is 1.42 bits per heavy atom. The SMILES string of the molecule is CC(C)C1CCOCC1N.Cl.N. The van der Waals surface area contributed by atoms with Gasteiger partial charge >= 0.3 is 0 Å². The Hall–Kier alpha value is 0.170. The molecule has 2 atom stereocenters. The van der Waals surface area contributed by atoms with Crippen molar-refractivity contribution < 1.29 is 4.74 Å². The molecule has 2 unspecified atom stereocenters. The molecule has 0 aromatic carbocycles. The Bertz CT molecular complexity index is 111. The van der Waals surface area contributed by atoms with Crippen LogP contribution in [0.5, 0.6) is 0 Å². The largest absolute Gasteiger partial charge is 0.380 e. The molecule has 0 amide bonds. The van der Waals surface area contributed by atoms with Crippen LogP contribution in [0.1, 0.15) is 20.3 Å². The maximum absolute atomic E-state index is 5.85. The van der Waals surface area contributed by atoms with Crippen molar-refractivity contribution in [1.29, 1.82) is 0 Å². The number of halogens is 1. The first kappa shape index (κ1) is 14.7. The zero-order chi connectivity index (χ0) is 7.56. The summed E-state index contributed by atoms with van der Waals surface area (Å²) >= 11 is 0. The number of nitrogens with two attached hydrogens (primary N) is 1. The summed E-state index contributed by atoms with van der Waals surface area (Å²) in [5.41, 5.74) is 5.85. The average Bonchev–Trinajstić information content (AvgIpc) is 1.88. The Morgan fingerprint density at radius 2 is 2.00 bits per heavy atom. The summed E-state index contributed by atoms with van der Waals surface area (Å²) in [6, 6.07) is 0.272. The van der Waals surface area contributed by atoms with Gasteiger partial charge in [0.2, 0.25) is 0 Å². The van der Waals surface area contributed by atoms with Gasteiger partial charge in [0.25, 0.3) is 0 Å². The van der Waals surface area contributed by atoms with E-state index in [0.717, 1.165) is 19.6 Å². The van der Waals surface area contributed by atoms with Crippen LogP contribution in [0.2, 0.25) is 0 Å². The minimum atomic E-state index is 0. The third-order valence-corrected chi connectivity index (χ3v) is 2.31. The fourth-order valence-electron chi connectivity index (χ4n) is 1.60. The van der Waals surface area contributed by atoms with Gasteiger partial charge in [-0.25, -0.2) is 0 Å². The maximum atomic E-state index is 5.85. The lowest BCUT2D eigenvalue weighted by molar-refractivity contribution is 0.0344. The summed E-state index contributed by atoms with van der Waals surface area (Å²) in [5.74, 6) is 1.38. The summed E-state index contributed by atoms with van der Waals surface area (Å²) in [4.78, 5) is 0. The van der Waals surface area contributed by atoms with E-state index < -0.39 is 0 Å². The molecule has 0 spiro atoms. The summed E-state index contributed by atoms with van der Waals surface area (Å²) in [7, 11) is 0. The topological polar surface area (TPSA) is 70.2 Å². The van der Waals surface area contributed by atoms with E-state index in [0.29, 0.717) is 11.8 Å². The molecule has 1 aliphatic rings. The highest BCUT2D eigenvalue weighted by Gasteiger charge is 2.24. The standard InChI is InChI=1S/C8H17NO.ClH.H3N/c1-6(2)7-3-4-10-5-8(7)9;;/h6-8H,3-5,9H2,1-2H3;1H;1H3. The van der Waals surface area contributed by atoms with Gasteiger partial charge in [0.15, 0.2) is 0 Å². The van der Waals surface area contributed by atoms with E-state index in [4.69, 9.17) is 10.5 Å². The molecule has 0 aliphatic carbocycles. The summed E-state index contributed by atoms with van der Waals surface area (Å²) < 4.78 is 5.24. The Morgan fingerprint density at radius 3 is 2.33 bits per heavy atom. The molecular weight excluding hydrogens is 176 g/mol. The molecule has 0 saturated carbocycles. The lowest BCUT2D eigenvalue weighted by Crippen LogP contribution is -2.41. The first-order valence-corrected chi connectivity index (χ1v) is 4.05. The van der Waals surface area contributed by atoms with Crippen molar-refractivity contribution >= 4 is 12.4 Å². The summed E-state index contributed by atoms with van der Waals surface area (Å²) in [6.45, 7) is 6.12. The number of hydrogen-bond acceptors (Lipinski definition) is 3. The highest BCUT2D eigenvalue weighted by atomic mass is 35.5. The van der Waals surface area contributed by atoms with Crippen molar-refractivity contribution in [2.24, 2.45) is 17.6 Å². The minimum Gasteiger partial charge on any atom is -0.380 e. The van der Waals surface area contributed by atoms with Crippen LogP contribution in [0, 0.1) is 11.8 Å². The Kier molecular flexibility index (Phi) is 8.15. The number of hydrogen-bond donors (Lipinski definition) is 2. The van der Waals surface area contributed by atoms with Crippen LogP contribution in [0.25, 0.3) is 0 Å². The van der Waals surface area contributed by atoms with Gasteiger partial charge in [-0.3, -0.25) is 0 Å². The molecule has 0 radical (unpaired) electrons. The van der Waals surface area contributed by atoms with E-state index in [1.807, 2.05) is 0 Å². The molecule has 5 N–H and O–H groups in total.